The van der Waals surface area contributed by atoms with Gasteiger partial charge in [-0.2, -0.15) is 5.10 Å². The Morgan fingerprint density at radius 3 is 2.82 bits per heavy atom. The van der Waals surface area contributed by atoms with Crippen LogP contribution in [0.1, 0.15) is 60.1 Å². The zero-order valence-corrected chi connectivity index (χ0v) is 16.4. The van der Waals surface area contributed by atoms with E-state index in [2.05, 4.69) is 20.4 Å². The highest BCUT2D eigenvalue weighted by molar-refractivity contribution is 5.94. The molecular weight excluding hydrogens is 359 g/mol. The van der Waals surface area contributed by atoms with E-state index >= 15 is 0 Å². The Morgan fingerprint density at radius 2 is 2.07 bits per heavy atom. The summed E-state index contributed by atoms with van der Waals surface area (Å²) >= 11 is 0. The number of rotatable bonds is 4. The average Bonchev–Trinajstić information content (AvgIpc) is 3.09. The van der Waals surface area contributed by atoms with Crippen LogP contribution in [-0.2, 0) is 17.7 Å². The number of hydrogen-bond acceptors (Lipinski definition) is 4. The van der Waals surface area contributed by atoms with E-state index in [1.807, 2.05) is 26.0 Å². The summed E-state index contributed by atoms with van der Waals surface area (Å²) in [5.74, 6) is -0.278. The molecule has 4 rings (SSSR count). The molecule has 1 amide bonds. The zero-order valence-electron chi connectivity index (χ0n) is 16.4. The Morgan fingerprint density at radius 1 is 1.32 bits per heavy atom. The van der Waals surface area contributed by atoms with Crippen LogP contribution in [0.3, 0.4) is 0 Å². The summed E-state index contributed by atoms with van der Waals surface area (Å²) < 4.78 is 19.6. The van der Waals surface area contributed by atoms with Gasteiger partial charge in [0.1, 0.15) is 5.82 Å². The molecule has 0 radical (unpaired) electrons. The fraction of sp³-hybridized carbons (Fsp3) is 0.524. The molecule has 28 heavy (non-hydrogen) atoms. The van der Waals surface area contributed by atoms with Crippen LogP contribution in [0.5, 0.6) is 0 Å². The highest BCUT2D eigenvalue weighted by Crippen LogP contribution is 2.30. The van der Waals surface area contributed by atoms with Crippen molar-refractivity contribution in [3.8, 4) is 0 Å². The first-order valence-corrected chi connectivity index (χ1v) is 10.0. The molecule has 1 aromatic heterocycles. The van der Waals surface area contributed by atoms with Crippen LogP contribution < -0.4 is 5.32 Å². The number of hydrogen-bond donors (Lipinski definition) is 2. The number of nitrogens with zero attached hydrogens (tertiary/aromatic N) is 2. The van der Waals surface area contributed by atoms with Crippen LogP contribution in [0, 0.1) is 5.82 Å². The van der Waals surface area contributed by atoms with Crippen LogP contribution in [-0.4, -0.2) is 46.2 Å². The molecule has 2 aliphatic heterocycles. The molecule has 7 heteroatoms. The van der Waals surface area contributed by atoms with Crippen molar-refractivity contribution in [2.45, 2.75) is 57.9 Å². The first-order chi connectivity index (χ1) is 13.5. The summed E-state index contributed by atoms with van der Waals surface area (Å²) in [5, 5.41) is 10.4. The van der Waals surface area contributed by atoms with Crippen molar-refractivity contribution >= 4 is 5.91 Å². The predicted molar refractivity (Wildman–Crippen MR) is 103 cm³/mol. The van der Waals surface area contributed by atoms with Gasteiger partial charge in [-0.3, -0.25) is 14.8 Å². The lowest BCUT2D eigenvalue weighted by molar-refractivity contribution is -0.00697. The number of benzene rings is 1. The number of H-pyrrole nitrogens is 1. The van der Waals surface area contributed by atoms with E-state index in [9.17, 15) is 9.18 Å². The van der Waals surface area contributed by atoms with Crippen LogP contribution in [0.2, 0.25) is 0 Å². The Kier molecular flexibility index (Phi) is 5.46. The Hall–Kier alpha value is -2.25. The first-order valence-electron chi connectivity index (χ1n) is 10.0. The summed E-state index contributed by atoms with van der Waals surface area (Å²) in [6, 6.07) is 7.02. The molecule has 2 aromatic rings. The number of nitrogens with one attached hydrogen (secondary N) is 2. The maximum Gasteiger partial charge on any atom is 0.272 e. The molecule has 3 heterocycles. The van der Waals surface area contributed by atoms with E-state index < -0.39 is 0 Å². The standard InChI is InChI=1S/C21H27FN4O2/c1-13-11-17-19(14(2)28-13)24-25-20(17)21(27)23-16-7-9-26(10-8-16)12-15-5-3-4-6-18(15)22/h3-6,13-14,16H,7-12H2,1-2H3,(H,23,27)(H,24,25)/t13-,14+/m1/s1. The molecule has 0 aliphatic carbocycles. The first kappa shape index (κ1) is 19.1. The third-order valence-corrected chi connectivity index (χ3v) is 5.72. The number of amides is 1. The van der Waals surface area contributed by atoms with Gasteiger partial charge < -0.3 is 10.1 Å². The minimum Gasteiger partial charge on any atom is -0.369 e. The number of carbonyl (C=O) groups excluding carboxylic acids is 1. The van der Waals surface area contributed by atoms with E-state index in [-0.39, 0.29) is 30.0 Å². The van der Waals surface area contributed by atoms with Gasteiger partial charge in [0.2, 0.25) is 0 Å². The van der Waals surface area contributed by atoms with Crippen LogP contribution in [0.15, 0.2) is 24.3 Å². The molecule has 2 N–H and O–H groups in total. The maximum atomic E-state index is 13.8. The molecule has 0 saturated carbocycles. The summed E-state index contributed by atoms with van der Waals surface area (Å²) in [4.78, 5) is 15.0. The number of carbonyl (C=O) groups is 1. The summed E-state index contributed by atoms with van der Waals surface area (Å²) in [6.07, 6.45) is 2.40. The number of aromatic amines is 1. The van der Waals surface area contributed by atoms with Crippen LogP contribution in [0.4, 0.5) is 4.39 Å². The van der Waals surface area contributed by atoms with E-state index in [0.29, 0.717) is 18.7 Å². The molecule has 0 spiro atoms. The second-order valence-electron chi connectivity index (χ2n) is 7.87. The van der Waals surface area contributed by atoms with Gasteiger partial charge in [0.15, 0.2) is 5.69 Å². The van der Waals surface area contributed by atoms with Crippen molar-refractivity contribution in [2.75, 3.05) is 13.1 Å². The van der Waals surface area contributed by atoms with Crippen LogP contribution in [0.25, 0.3) is 0 Å². The van der Waals surface area contributed by atoms with E-state index in [1.165, 1.54) is 6.07 Å². The molecule has 1 fully saturated rings. The minimum atomic E-state index is -0.159. The minimum absolute atomic E-state index is 0.0746. The molecule has 1 saturated heterocycles. The van der Waals surface area contributed by atoms with Crippen molar-refractivity contribution in [2.24, 2.45) is 0 Å². The van der Waals surface area contributed by atoms with Crippen molar-refractivity contribution in [1.82, 2.24) is 20.4 Å². The van der Waals surface area contributed by atoms with Crippen molar-refractivity contribution in [1.29, 1.82) is 0 Å². The molecule has 150 valence electrons. The Balaban J connectivity index is 1.33. The summed E-state index contributed by atoms with van der Waals surface area (Å²) in [7, 11) is 0. The fourth-order valence-corrected chi connectivity index (χ4v) is 4.22. The lowest BCUT2D eigenvalue weighted by atomic mass is 9.99. The number of fused-ring (bicyclic) bond motifs is 1. The third kappa shape index (κ3) is 3.95. The lowest BCUT2D eigenvalue weighted by Crippen LogP contribution is -2.44. The topological polar surface area (TPSA) is 70.2 Å². The Bertz CT molecular complexity index is 845. The Labute approximate surface area is 164 Å². The van der Waals surface area contributed by atoms with Crippen molar-refractivity contribution in [3.63, 3.8) is 0 Å². The number of piperidine rings is 1. The van der Waals surface area contributed by atoms with Gasteiger partial charge >= 0.3 is 0 Å². The highest BCUT2D eigenvalue weighted by Gasteiger charge is 2.30. The van der Waals surface area contributed by atoms with E-state index in [4.69, 9.17) is 4.74 Å². The largest absolute Gasteiger partial charge is 0.369 e. The van der Waals surface area contributed by atoms with Gasteiger partial charge in [-0.25, -0.2) is 4.39 Å². The SMILES string of the molecule is C[C@@H]1Cc2c(C(=O)NC3CCN(Cc4ccccc4F)CC3)n[nH]c2[C@H](C)O1. The molecular formula is C21H27FN4O2. The monoisotopic (exact) mass is 386 g/mol. The summed E-state index contributed by atoms with van der Waals surface area (Å²) in [6.45, 7) is 6.26. The molecule has 1 aromatic carbocycles. The van der Waals surface area contributed by atoms with E-state index in [0.717, 1.165) is 42.8 Å². The molecule has 2 atom stereocenters. The number of ether oxygens (including phenoxy) is 1. The maximum absolute atomic E-state index is 13.8. The number of aromatic nitrogens is 2. The molecule has 6 nitrogen and oxygen atoms in total. The van der Waals surface area contributed by atoms with Gasteiger partial charge in [0.25, 0.3) is 5.91 Å². The average molecular weight is 386 g/mol. The van der Waals surface area contributed by atoms with Crippen molar-refractivity contribution < 1.29 is 13.9 Å². The van der Waals surface area contributed by atoms with Gasteiger partial charge in [-0.05, 0) is 32.8 Å². The number of likely N-dealkylation sites (tertiary alicyclic amines) is 1. The normalized spacial score (nSPS) is 23.4. The second-order valence-corrected chi connectivity index (χ2v) is 7.87. The van der Waals surface area contributed by atoms with Gasteiger partial charge in [-0.15, -0.1) is 0 Å². The van der Waals surface area contributed by atoms with Gasteiger partial charge in [0.05, 0.1) is 17.9 Å². The smallest absolute Gasteiger partial charge is 0.272 e. The van der Waals surface area contributed by atoms with Crippen molar-refractivity contribution in [3.05, 3.63) is 52.6 Å². The second kappa shape index (κ2) is 8.01. The third-order valence-electron chi connectivity index (χ3n) is 5.72. The predicted octanol–water partition coefficient (Wildman–Crippen LogP) is 2.97. The van der Waals surface area contributed by atoms with Crippen LogP contribution >= 0.6 is 0 Å². The number of halogens is 1. The van der Waals surface area contributed by atoms with E-state index in [1.54, 1.807) is 6.07 Å². The lowest BCUT2D eigenvalue weighted by Gasteiger charge is -2.32. The highest BCUT2D eigenvalue weighted by atomic mass is 19.1. The fourth-order valence-electron chi connectivity index (χ4n) is 4.22. The van der Waals surface area contributed by atoms with Gasteiger partial charge in [-0.1, -0.05) is 18.2 Å². The van der Waals surface area contributed by atoms with Gasteiger partial charge in [0, 0.05) is 43.2 Å². The quantitative estimate of drug-likeness (QED) is 0.848. The molecule has 0 unspecified atom stereocenters. The summed E-state index contributed by atoms with van der Waals surface area (Å²) in [5.41, 5.74) is 3.09. The molecule has 0 bridgehead atoms. The molecule has 2 aliphatic rings. The zero-order chi connectivity index (χ0) is 19.7.